The Morgan fingerprint density at radius 1 is 1.17 bits per heavy atom. The summed E-state index contributed by atoms with van der Waals surface area (Å²) in [5, 5.41) is 8.47. The summed E-state index contributed by atoms with van der Waals surface area (Å²) in [4.78, 5) is 10.8. The van der Waals surface area contributed by atoms with Gasteiger partial charge in [-0.2, -0.15) is 0 Å². The number of sulfonamides is 1. The van der Waals surface area contributed by atoms with Gasteiger partial charge in [-0.3, -0.25) is 4.79 Å². The van der Waals surface area contributed by atoms with Gasteiger partial charge in [-0.25, -0.2) is 13.1 Å². The van der Waals surface area contributed by atoms with Crippen molar-refractivity contribution < 1.29 is 18.3 Å². The van der Waals surface area contributed by atoms with E-state index >= 15 is 0 Å². The molecule has 0 aliphatic rings. The summed E-state index contributed by atoms with van der Waals surface area (Å²) in [7, 11) is -3.44. The third-order valence-corrected chi connectivity index (χ3v) is 5.98. The predicted molar refractivity (Wildman–Crippen MR) is 91.8 cm³/mol. The normalized spacial score (nSPS) is 14.3. The maximum absolute atomic E-state index is 12.5. The van der Waals surface area contributed by atoms with Crippen LogP contribution < -0.4 is 4.72 Å². The van der Waals surface area contributed by atoms with Gasteiger partial charge in [0.15, 0.2) is 0 Å². The first-order chi connectivity index (χ1) is 10.9. The SMILES string of the molecule is CCCC(CC)S(=O)(=O)NC(CCC(=O)O)Cc1ccccc1. The molecule has 0 aliphatic carbocycles. The fourth-order valence-corrected chi connectivity index (χ4v) is 4.47. The van der Waals surface area contributed by atoms with Crippen LogP contribution in [0.5, 0.6) is 0 Å². The van der Waals surface area contributed by atoms with Crippen molar-refractivity contribution in [1.82, 2.24) is 4.72 Å². The second-order valence-corrected chi connectivity index (χ2v) is 7.79. The van der Waals surface area contributed by atoms with Crippen LogP contribution in [-0.4, -0.2) is 30.8 Å². The molecule has 5 nitrogen and oxygen atoms in total. The van der Waals surface area contributed by atoms with Crippen LogP contribution in [0.3, 0.4) is 0 Å². The summed E-state index contributed by atoms with van der Waals surface area (Å²) < 4.78 is 27.8. The minimum Gasteiger partial charge on any atom is -0.481 e. The summed E-state index contributed by atoms with van der Waals surface area (Å²) in [6.07, 6.45) is 2.70. The molecule has 0 radical (unpaired) electrons. The van der Waals surface area contributed by atoms with E-state index in [1.54, 1.807) is 0 Å². The van der Waals surface area contributed by atoms with Gasteiger partial charge in [0.25, 0.3) is 0 Å². The molecule has 0 fully saturated rings. The van der Waals surface area contributed by atoms with Crippen LogP contribution in [0.4, 0.5) is 0 Å². The molecule has 2 N–H and O–H groups in total. The number of benzene rings is 1. The molecule has 0 bridgehead atoms. The van der Waals surface area contributed by atoms with Gasteiger partial charge in [0, 0.05) is 12.5 Å². The highest BCUT2D eigenvalue weighted by atomic mass is 32.2. The Labute approximate surface area is 139 Å². The van der Waals surface area contributed by atoms with Crippen molar-refractivity contribution in [2.45, 2.75) is 63.7 Å². The summed E-state index contributed by atoms with van der Waals surface area (Å²) in [5.41, 5.74) is 0.995. The quantitative estimate of drug-likeness (QED) is 0.648. The second kappa shape index (κ2) is 9.67. The molecule has 0 spiro atoms. The third-order valence-electron chi connectivity index (χ3n) is 3.87. The van der Waals surface area contributed by atoms with E-state index in [-0.39, 0.29) is 12.8 Å². The molecule has 0 heterocycles. The number of hydrogen-bond acceptors (Lipinski definition) is 3. The van der Waals surface area contributed by atoms with Crippen molar-refractivity contribution in [2.24, 2.45) is 0 Å². The topological polar surface area (TPSA) is 83.5 Å². The van der Waals surface area contributed by atoms with Crippen molar-refractivity contribution in [3.63, 3.8) is 0 Å². The highest BCUT2D eigenvalue weighted by Crippen LogP contribution is 2.15. The molecule has 2 unspecified atom stereocenters. The van der Waals surface area contributed by atoms with E-state index in [9.17, 15) is 13.2 Å². The number of hydrogen-bond donors (Lipinski definition) is 2. The van der Waals surface area contributed by atoms with Gasteiger partial charge in [0.2, 0.25) is 10.0 Å². The highest BCUT2D eigenvalue weighted by Gasteiger charge is 2.26. The van der Waals surface area contributed by atoms with Gasteiger partial charge in [-0.05, 0) is 31.2 Å². The zero-order valence-electron chi connectivity index (χ0n) is 13.9. The molecule has 2 atom stereocenters. The highest BCUT2D eigenvalue weighted by molar-refractivity contribution is 7.90. The van der Waals surface area contributed by atoms with E-state index in [1.165, 1.54) is 0 Å². The van der Waals surface area contributed by atoms with Gasteiger partial charge in [-0.15, -0.1) is 0 Å². The minimum absolute atomic E-state index is 0.0510. The summed E-state index contributed by atoms with van der Waals surface area (Å²) in [6.45, 7) is 3.83. The Hall–Kier alpha value is -1.40. The fourth-order valence-electron chi connectivity index (χ4n) is 2.63. The van der Waals surface area contributed by atoms with Crippen molar-refractivity contribution in [2.75, 3.05) is 0 Å². The van der Waals surface area contributed by atoms with Crippen LogP contribution >= 0.6 is 0 Å². The molecule has 23 heavy (non-hydrogen) atoms. The van der Waals surface area contributed by atoms with Crippen molar-refractivity contribution in [3.8, 4) is 0 Å². The molecule has 1 aromatic carbocycles. The zero-order valence-corrected chi connectivity index (χ0v) is 14.7. The Kier molecular flexibility index (Phi) is 8.26. The first-order valence-corrected chi connectivity index (χ1v) is 9.70. The standard InChI is InChI=1S/C17H27NO4S/c1-3-8-16(4-2)23(21,22)18-15(11-12-17(19)20)13-14-9-6-5-7-10-14/h5-7,9-10,15-16,18H,3-4,8,11-13H2,1-2H3,(H,19,20). The number of nitrogens with one attached hydrogen (secondary N) is 1. The van der Waals surface area contributed by atoms with Crippen LogP contribution in [-0.2, 0) is 21.2 Å². The van der Waals surface area contributed by atoms with Gasteiger partial charge in [-0.1, -0.05) is 50.6 Å². The van der Waals surface area contributed by atoms with Gasteiger partial charge < -0.3 is 5.11 Å². The molecule has 1 rings (SSSR count). The first-order valence-electron chi connectivity index (χ1n) is 8.15. The van der Waals surface area contributed by atoms with Crippen molar-refractivity contribution >= 4 is 16.0 Å². The van der Waals surface area contributed by atoms with Crippen LogP contribution in [0, 0.1) is 0 Å². The molecule has 0 aliphatic heterocycles. The van der Waals surface area contributed by atoms with E-state index < -0.39 is 27.3 Å². The number of carboxylic acid groups (broad SMARTS) is 1. The van der Waals surface area contributed by atoms with E-state index in [4.69, 9.17) is 5.11 Å². The van der Waals surface area contributed by atoms with Gasteiger partial charge in [0.1, 0.15) is 0 Å². The monoisotopic (exact) mass is 341 g/mol. The van der Waals surface area contributed by atoms with Crippen LogP contribution in [0.25, 0.3) is 0 Å². The second-order valence-electron chi connectivity index (χ2n) is 5.80. The lowest BCUT2D eigenvalue weighted by Gasteiger charge is -2.22. The average molecular weight is 341 g/mol. The largest absolute Gasteiger partial charge is 0.481 e. The number of aliphatic carboxylic acids is 1. The van der Waals surface area contributed by atoms with Gasteiger partial charge in [0.05, 0.1) is 5.25 Å². The smallest absolute Gasteiger partial charge is 0.303 e. The summed E-state index contributed by atoms with van der Waals surface area (Å²) in [5.74, 6) is -0.914. The lowest BCUT2D eigenvalue weighted by Crippen LogP contribution is -2.42. The third kappa shape index (κ3) is 7.14. The average Bonchev–Trinajstić information content (AvgIpc) is 2.50. The molecule has 130 valence electrons. The van der Waals surface area contributed by atoms with Gasteiger partial charge >= 0.3 is 5.97 Å². The molecular formula is C17H27NO4S. The van der Waals surface area contributed by atoms with E-state index in [0.717, 1.165) is 12.0 Å². The lowest BCUT2D eigenvalue weighted by molar-refractivity contribution is -0.137. The molecule has 0 saturated heterocycles. The van der Waals surface area contributed by atoms with Crippen molar-refractivity contribution in [1.29, 1.82) is 0 Å². The molecule has 0 amide bonds. The number of rotatable bonds is 11. The maximum atomic E-state index is 12.5. The molecular weight excluding hydrogens is 314 g/mol. The molecule has 6 heteroatoms. The molecule has 1 aromatic rings. The van der Waals surface area contributed by atoms with Crippen LogP contribution in [0.2, 0.25) is 0 Å². The van der Waals surface area contributed by atoms with E-state index in [0.29, 0.717) is 19.3 Å². The lowest BCUT2D eigenvalue weighted by atomic mass is 10.0. The first kappa shape index (κ1) is 19.6. The molecule has 0 saturated carbocycles. The van der Waals surface area contributed by atoms with Crippen LogP contribution in [0.15, 0.2) is 30.3 Å². The minimum atomic E-state index is -3.44. The van der Waals surface area contributed by atoms with E-state index in [2.05, 4.69) is 4.72 Å². The van der Waals surface area contributed by atoms with E-state index in [1.807, 2.05) is 44.2 Å². The fraction of sp³-hybridized carbons (Fsp3) is 0.588. The number of carboxylic acids is 1. The molecule has 0 aromatic heterocycles. The Balaban J connectivity index is 2.84. The summed E-state index contributed by atoms with van der Waals surface area (Å²) >= 11 is 0. The summed E-state index contributed by atoms with van der Waals surface area (Å²) in [6, 6.07) is 9.13. The van der Waals surface area contributed by atoms with Crippen LogP contribution in [0.1, 0.15) is 51.5 Å². The zero-order chi connectivity index (χ0) is 17.3. The predicted octanol–water partition coefficient (Wildman–Crippen LogP) is 2.96. The number of carbonyl (C=O) groups is 1. The van der Waals surface area contributed by atoms with Crippen molar-refractivity contribution in [3.05, 3.63) is 35.9 Å². The Bertz CT molecular complexity index is 572. The Morgan fingerprint density at radius 2 is 1.83 bits per heavy atom. The Morgan fingerprint density at radius 3 is 2.35 bits per heavy atom. The maximum Gasteiger partial charge on any atom is 0.303 e.